The van der Waals surface area contributed by atoms with E-state index in [1.807, 2.05) is 6.92 Å². The molecule has 0 aromatic carbocycles. The van der Waals surface area contributed by atoms with E-state index in [1.165, 1.54) is 11.6 Å². The largest absolute Gasteiger partial charge is 0.330 e. The van der Waals surface area contributed by atoms with Gasteiger partial charge in [0.1, 0.15) is 0 Å². The zero-order valence-corrected chi connectivity index (χ0v) is 12.6. The lowest BCUT2D eigenvalue weighted by Crippen LogP contribution is -2.40. The summed E-state index contributed by atoms with van der Waals surface area (Å²) in [6.07, 6.45) is 4.02. The minimum Gasteiger partial charge on any atom is -0.310 e. The van der Waals surface area contributed by atoms with Crippen LogP contribution in [0.4, 0.5) is 0 Å². The molecule has 6 nitrogen and oxygen atoms in total. The van der Waals surface area contributed by atoms with Crippen LogP contribution in [-0.4, -0.2) is 31.4 Å². The maximum Gasteiger partial charge on any atom is 0.330 e. The van der Waals surface area contributed by atoms with Crippen molar-refractivity contribution in [1.82, 2.24) is 14.5 Å². The van der Waals surface area contributed by atoms with E-state index in [0.717, 1.165) is 11.0 Å². The van der Waals surface area contributed by atoms with Crippen molar-refractivity contribution in [2.45, 2.75) is 25.9 Å². The average Bonchev–Trinajstić information content (AvgIpc) is 2.36. The maximum atomic E-state index is 11.9. The number of aryl methyl sites for hydroxylation is 1. The third-order valence-electron chi connectivity index (χ3n) is 3.00. The highest BCUT2D eigenvalue weighted by atomic mass is 32.2. The Morgan fingerprint density at radius 3 is 2.58 bits per heavy atom. The third kappa shape index (κ3) is 4.43. The van der Waals surface area contributed by atoms with E-state index < -0.39 is 10.8 Å². The molecule has 0 radical (unpaired) electrons. The Morgan fingerprint density at radius 2 is 2.00 bits per heavy atom. The number of nitrogens with one attached hydrogen (secondary N) is 1. The molecule has 2 unspecified atom stereocenters. The number of hydrogen-bond donors (Lipinski definition) is 1. The normalized spacial score (nSPS) is 14.3. The second-order valence-corrected chi connectivity index (χ2v) is 6.31. The summed E-state index contributed by atoms with van der Waals surface area (Å²) < 4.78 is 13.5. The summed E-state index contributed by atoms with van der Waals surface area (Å²) >= 11 is 0. The fraction of sp³-hybridized carbons (Fsp3) is 0.667. The molecule has 7 heteroatoms. The molecule has 1 rings (SSSR count). The number of rotatable bonds is 6. The smallest absolute Gasteiger partial charge is 0.310 e. The first-order valence-electron chi connectivity index (χ1n) is 6.12. The minimum absolute atomic E-state index is 0.172. The van der Waals surface area contributed by atoms with Crippen LogP contribution in [0.3, 0.4) is 0 Å². The van der Waals surface area contributed by atoms with Gasteiger partial charge in [0.05, 0.1) is 0 Å². The second kappa shape index (κ2) is 6.81. The molecule has 19 heavy (non-hydrogen) atoms. The molecule has 0 fully saturated rings. The van der Waals surface area contributed by atoms with Crippen LogP contribution in [0.25, 0.3) is 0 Å². The molecule has 0 saturated heterocycles. The highest BCUT2D eigenvalue weighted by Crippen LogP contribution is 1.95. The lowest BCUT2D eigenvalue weighted by atomic mass is 10.2. The molecule has 2 atom stereocenters. The van der Waals surface area contributed by atoms with Crippen molar-refractivity contribution >= 4 is 10.8 Å². The van der Waals surface area contributed by atoms with E-state index in [4.69, 9.17) is 0 Å². The van der Waals surface area contributed by atoms with Crippen molar-refractivity contribution in [3.05, 3.63) is 32.6 Å². The van der Waals surface area contributed by atoms with Gasteiger partial charge in [-0.05, 0) is 13.3 Å². The van der Waals surface area contributed by atoms with Gasteiger partial charge in [0.2, 0.25) is 0 Å². The molecule has 0 aliphatic rings. The summed E-state index contributed by atoms with van der Waals surface area (Å²) in [5.74, 6) is 0.638. The zero-order valence-electron chi connectivity index (χ0n) is 11.8. The number of aromatic nitrogens is 2. The van der Waals surface area contributed by atoms with E-state index in [1.54, 1.807) is 19.5 Å². The topological polar surface area (TPSA) is 73.1 Å². The Bertz CT molecular complexity index is 577. The SMILES string of the molecule is CC(CCS(C)=O)NCc1cn(C)c(=O)n(C)c1=O. The van der Waals surface area contributed by atoms with Crippen LogP contribution >= 0.6 is 0 Å². The van der Waals surface area contributed by atoms with Gasteiger partial charge < -0.3 is 9.88 Å². The first kappa shape index (κ1) is 15.8. The molecule has 0 bridgehead atoms. The van der Waals surface area contributed by atoms with E-state index >= 15 is 0 Å². The van der Waals surface area contributed by atoms with Gasteiger partial charge in [-0.1, -0.05) is 0 Å². The first-order valence-corrected chi connectivity index (χ1v) is 7.84. The van der Waals surface area contributed by atoms with Gasteiger partial charge in [-0.25, -0.2) is 4.79 Å². The molecular weight excluding hydrogens is 266 g/mol. The second-order valence-electron chi connectivity index (χ2n) is 4.76. The lowest BCUT2D eigenvalue weighted by Gasteiger charge is -2.13. The van der Waals surface area contributed by atoms with Crippen molar-refractivity contribution in [1.29, 1.82) is 0 Å². The molecule has 108 valence electrons. The molecular formula is C12H21N3O3S. The zero-order chi connectivity index (χ0) is 14.6. The summed E-state index contributed by atoms with van der Waals surface area (Å²) in [4.78, 5) is 23.4. The van der Waals surface area contributed by atoms with Crippen LogP contribution in [0.15, 0.2) is 15.8 Å². The van der Waals surface area contributed by atoms with Crippen LogP contribution < -0.4 is 16.6 Å². The van der Waals surface area contributed by atoms with Crippen LogP contribution in [0.1, 0.15) is 18.9 Å². The van der Waals surface area contributed by atoms with E-state index in [9.17, 15) is 13.8 Å². The van der Waals surface area contributed by atoms with Crippen LogP contribution in [0, 0.1) is 0 Å². The Kier molecular flexibility index (Phi) is 5.68. The molecule has 0 spiro atoms. The number of hydrogen-bond acceptors (Lipinski definition) is 4. The lowest BCUT2D eigenvalue weighted by molar-refractivity contribution is 0.525. The Labute approximate surface area is 114 Å². The molecule has 0 aliphatic carbocycles. The van der Waals surface area contributed by atoms with E-state index in [2.05, 4.69) is 5.32 Å². The Morgan fingerprint density at radius 1 is 1.37 bits per heavy atom. The predicted octanol–water partition coefficient (Wildman–Crippen LogP) is -0.669. The van der Waals surface area contributed by atoms with Gasteiger partial charge in [-0.3, -0.25) is 13.6 Å². The van der Waals surface area contributed by atoms with Crippen molar-refractivity contribution < 1.29 is 4.21 Å². The number of nitrogens with zero attached hydrogens (tertiary/aromatic N) is 2. The van der Waals surface area contributed by atoms with Crippen LogP contribution in [-0.2, 0) is 31.4 Å². The quantitative estimate of drug-likeness (QED) is 0.753. The average molecular weight is 287 g/mol. The summed E-state index contributed by atoms with van der Waals surface area (Å²) in [5, 5.41) is 3.21. The van der Waals surface area contributed by atoms with Gasteiger partial charge in [0.15, 0.2) is 0 Å². The molecule has 0 saturated carbocycles. The van der Waals surface area contributed by atoms with Crippen molar-refractivity contribution in [3.8, 4) is 0 Å². The fourth-order valence-corrected chi connectivity index (χ4v) is 2.42. The van der Waals surface area contributed by atoms with Gasteiger partial charge in [-0.2, -0.15) is 0 Å². The summed E-state index contributed by atoms with van der Waals surface area (Å²) in [5.41, 5.74) is -0.0564. The summed E-state index contributed by atoms with van der Waals surface area (Å²) in [7, 11) is 2.29. The molecule has 1 aromatic heterocycles. The van der Waals surface area contributed by atoms with Gasteiger partial charge in [0, 0.05) is 61.3 Å². The van der Waals surface area contributed by atoms with Crippen molar-refractivity contribution in [2.24, 2.45) is 14.1 Å². The highest BCUT2D eigenvalue weighted by Gasteiger charge is 2.08. The van der Waals surface area contributed by atoms with Crippen LogP contribution in [0.5, 0.6) is 0 Å². The Hall–Kier alpha value is -1.21. The highest BCUT2D eigenvalue weighted by molar-refractivity contribution is 7.84. The molecule has 1 heterocycles. The van der Waals surface area contributed by atoms with Gasteiger partial charge in [0.25, 0.3) is 5.56 Å². The third-order valence-corrected chi connectivity index (χ3v) is 3.81. The van der Waals surface area contributed by atoms with Crippen molar-refractivity contribution in [2.75, 3.05) is 12.0 Å². The van der Waals surface area contributed by atoms with Gasteiger partial charge in [-0.15, -0.1) is 0 Å². The van der Waals surface area contributed by atoms with Gasteiger partial charge >= 0.3 is 5.69 Å². The molecule has 0 aliphatic heterocycles. The van der Waals surface area contributed by atoms with E-state index in [-0.39, 0.29) is 17.3 Å². The first-order chi connectivity index (χ1) is 8.82. The summed E-state index contributed by atoms with van der Waals surface area (Å²) in [6.45, 7) is 2.39. The molecule has 1 aromatic rings. The maximum absolute atomic E-state index is 11.9. The molecule has 0 amide bonds. The van der Waals surface area contributed by atoms with E-state index in [0.29, 0.717) is 17.9 Å². The van der Waals surface area contributed by atoms with Crippen LogP contribution in [0.2, 0.25) is 0 Å². The monoisotopic (exact) mass is 287 g/mol. The Balaban J connectivity index is 2.71. The van der Waals surface area contributed by atoms with Crippen molar-refractivity contribution in [3.63, 3.8) is 0 Å². The summed E-state index contributed by atoms with van der Waals surface area (Å²) in [6, 6.07) is 0.172. The standard InChI is InChI=1S/C12H21N3O3S/c1-9(5-6-19(4)18)13-7-10-8-14(2)12(17)15(3)11(10)16/h8-9,13H,5-7H2,1-4H3. The fourth-order valence-electron chi connectivity index (χ4n) is 1.73. The minimum atomic E-state index is -0.800. The molecule has 1 N–H and O–H groups in total. The predicted molar refractivity (Wildman–Crippen MR) is 76.8 cm³/mol.